The Kier molecular flexibility index (Phi) is 3.83. The summed E-state index contributed by atoms with van der Waals surface area (Å²) in [6.45, 7) is 3.54. The average molecular weight is 212 g/mol. The molecule has 1 atom stereocenters. The van der Waals surface area contributed by atoms with E-state index in [1.165, 1.54) is 12.1 Å². The summed E-state index contributed by atoms with van der Waals surface area (Å²) in [4.78, 5) is 0. The third kappa shape index (κ3) is 2.36. The topological polar surface area (TPSA) is 40.5 Å². The second-order valence-corrected chi connectivity index (χ2v) is 3.73. The van der Waals surface area contributed by atoms with Gasteiger partial charge in [-0.05, 0) is 18.9 Å². The molecule has 0 saturated heterocycles. The van der Waals surface area contributed by atoms with Crippen LogP contribution >= 0.6 is 0 Å². The number of aliphatic hydroxyl groups excluding tert-OH is 1. The van der Waals surface area contributed by atoms with E-state index in [2.05, 4.69) is 0 Å². The largest absolute Gasteiger partial charge is 0.387 e. The molecular formula is C12H17FO2. The summed E-state index contributed by atoms with van der Waals surface area (Å²) >= 11 is 0. The molecule has 0 heterocycles. The summed E-state index contributed by atoms with van der Waals surface area (Å²) < 4.78 is 13.4. The van der Waals surface area contributed by atoms with Gasteiger partial charge in [0.05, 0.1) is 5.60 Å². The molecule has 2 nitrogen and oxygen atoms in total. The smallest absolute Gasteiger partial charge is 0.129 e. The van der Waals surface area contributed by atoms with E-state index in [4.69, 9.17) is 0 Å². The van der Waals surface area contributed by atoms with Crippen LogP contribution in [0.15, 0.2) is 24.3 Å². The second-order valence-electron chi connectivity index (χ2n) is 3.73. The van der Waals surface area contributed by atoms with Crippen LogP contribution in [0.3, 0.4) is 0 Å². The van der Waals surface area contributed by atoms with Gasteiger partial charge in [0.15, 0.2) is 0 Å². The zero-order valence-electron chi connectivity index (χ0n) is 9.07. The van der Waals surface area contributed by atoms with Crippen molar-refractivity contribution >= 4 is 0 Å². The van der Waals surface area contributed by atoms with Gasteiger partial charge in [0.1, 0.15) is 11.9 Å². The Balaban J connectivity index is 3.03. The van der Waals surface area contributed by atoms with Crippen molar-refractivity contribution in [1.29, 1.82) is 0 Å². The van der Waals surface area contributed by atoms with Crippen LogP contribution in [-0.4, -0.2) is 15.8 Å². The molecule has 0 fully saturated rings. The van der Waals surface area contributed by atoms with Crippen LogP contribution in [0.5, 0.6) is 0 Å². The first-order chi connectivity index (χ1) is 7.05. The molecule has 2 N–H and O–H groups in total. The zero-order valence-corrected chi connectivity index (χ0v) is 9.07. The van der Waals surface area contributed by atoms with Crippen LogP contribution in [0.2, 0.25) is 0 Å². The molecule has 0 radical (unpaired) electrons. The van der Waals surface area contributed by atoms with Crippen LogP contribution in [0.1, 0.15) is 38.4 Å². The summed E-state index contributed by atoms with van der Waals surface area (Å²) in [5.74, 6) is -0.481. The van der Waals surface area contributed by atoms with E-state index in [-0.39, 0.29) is 5.56 Å². The molecule has 0 aliphatic rings. The highest BCUT2D eigenvalue weighted by Gasteiger charge is 2.34. The standard InChI is InChI=1S/C12H17FO2/c1-3-12(15,4-2)11(14)9-7-5-6-8-10(9)13/h5-8,11,14-15H,3-4H2,1-2H3. The van der Waals surface area contributed by atoms with Crippen molar-refractivity contribution in [1.82, 2.24) is 0 Å². The molecule has 84 valence electrons. The highest BCUT2D eigenvalue weighted by atomic mass is 19.1. The summed E-state index contributed by atoms with van der Waals surface area (Å²) in [6, 6.07) is 5.98. The fourth-order valence-electron chi connectivity index (χ4n) is 1.62. The van der Waals surface area contributed by atoms with Crippen LogP contribution < -0.4 is 0 Å². The Morgan fingerprint density at radius 2 is 1.80 bits per heavy atom. The lowest BCUT2D eigenvalue weighted by atomic mass is 9.86. The Bertz CT molecular complexity index is 321. The lowest BCUT2D eigenvalue weighted by Crippen LogP contribution is -2.35. The van der Waals surface area contributed by atoms with E-state index in [0.29, 0.717) is 12.8 Å². The Labute approximate surface area is 89.4 Å². The Morgan fingerprint density at radius 3 is 2.27 bits per heavy atom. The van der Waals surface area contributed by atoms with E-state index in [1.54, 1.807) is 26.0 Å². The number of halogens is 1. The van der Waals surface area contributed by atoms with Crippen molar-refractivity contribution in [3.63, 3.8) is 0 Å². The van der Waals surface area contributed by atoms with E-state index in [0.717, 1.165) is 0 Å². The minimum absolute atomic E-state index is 0.156. The quantitative estimate of drug-likeness (QED) is 0.804. The zero-order chi connectivity index (χ0) is 11.5. The van der Waals surface area contributed by atoms with Crippen molar-refractivity contribution in [2.45, 2.75) is 38.4 Å². The second kappa shape index (κ2) is 4.73. The van der Waals surface area contributed by atoms with E-state index in [9.17, 15) is 14.6 Å². The fraction of sp³-hybridized carbons (Fsp3) is 0.500. The molecule has 0 aromatic heterocycles. The number of rotatable bonds is 4. The molecule has 0 amide bonds. The molecule has 3 heteroatoms. The highest BCUT2D eigenvalue weighted by Crippen LogP contribution is 2.32. The van der Waals surface area contributed by atoms with Gasteiger partial charge in [-0.2, -0.15) is 0 Å². The van der Waals surface area contributed by atoms with Gasteiger partial charge in [-0.15, -0.1) is 0 Å². The summed E-state index contributed by atoms with van der Waals surface area (Å²) in [5.41, 5.74) is -1.09. The first kappa shape index (κ1) is 12.1. The molecule has 0 aliphatic heterocycles. The molecule has 1 unspecified atom stereocenters. The molecule has 1 rings (SSSR count). The van der Waals surface area contributed by atoms with Gasteiger partial charge in [0, 0.05) is 5.56 Å². The maximum absolute atomic E-state index is 13.4. The van der Waals surface area contributed by atoms with Gasteiger partial charge >= 0.3 is 0 Å². The number of benzene rings is 1. The highest BCUT2D eigenvalue weighted by molar-refractivity contribution is 5.22. The first-order valence-electron chi connectivity index (χ1n) is 5.20. The van der Waals surface area contributed by atoms with Gasteiger partial charge in [0.2, 0.25) is 0 Å². The van der Waals surface area contributed by atoms with Gasteiger partial charge in [-0.25, -0.2) is 4.39 Å². The van der Waals surface area contributed by atoms with Crippen molar-refractivity contribution in [2.75, 3.05) is 0 Å². The van der Waals surface area contributed by atoms with Crippen molar-refractivity contribution in [3.8, 4) is 0 Å². The molecule has 0 saturated carbocycles. The summed E-state index contributed by atoms with van der Waals surface area (Å²) in [6.07, 6.45) is -0.397. The van der Waals surface area contributed by atoms with Crippen molar-refractivity contribution < 1.29 is 14.6 Å². The third-order valence-electron chi connectivity index (χ3n) is 2.93. The normalized spacial score (nSPS) is 13.9. The lowest BCUT2D eigenvalue weighted by Gasteiger charge is -2.31. The maximum Gasteiger partial charge on any atom is 0.129 e. The fourth-order valence-corrected chi connectivity index (χ4v) is 1.62. The summed E-state index contributed by atoms with van der Waals surface area (Å²) in [7, 11) is 0. The molecule has 0 aliphatic carbocycles. The number of aliphatic hydroxyl groups is 2. The third-order valence-corrected chi connectivity index (χ3v) is 2.93. The van der Waals surface area contributed by atoms with Crippen molar-refractivity contribution in [2.24, 2.45) is 0 Å². The SMILES string of the molecule is CCC(O)(CC)C(O)c1ccccc1F. The van der Waals surface area contributed by atoms with E-state index < -0.39 is 17.5 Å². The number of hydrogen-bond donors (Lipinski definition) is 2. The molecular weight excluding hydrogens is 195 g/mol. The van der Waals surface area contributed by atoms with Crippen LogP contribution in [-0.2, 0) is 0 Å². The van der Waals surface area contributed by atoms with Crippen LogP contribution in [0, 0.1) is 5.82 Å². The van der Waals surface area contributed by atoms with Crippen LogP contribution in [0.25, 0.3) is 0 Å². The predicted octanol–water partition coefficient (Wildman–Crippen LogP) is 2.41. The van der Waals surface area contributed by atoms with Gasteiger partial charge < -0.3 is 10.2 Å². The number of hydrogen-bond acceptors (Lipinski definition) is 2. The predicted molar refractivity (Wildman–Crippen MR) is 56.9 cm³/mol. The molecule has 1 aromatic rings. The monoisotopic (exact) mass is 212 g/mol. The Morgan fingerprint density at radius 1 is 1.27 bits per heavy atom. The first-order valence-corrected chi connectivity index (χ1v) is 5.20. The maximum atomic E-state index is 13.4. The van der Waals surface area contributed by atoms with Crippen LogP contribution in [0.4, 0.5) is 4.39 Å². The van der Waals surface area contributed by atoms with Gasteiger partial charge in [-0.1, -0.05) is 32.0 Å². The Hall–Kier alpha value is -0.930. The minimum Gasteiger partial charge on any atom is -0.387 e. The van der Waals surface area contributed by atoms with Gasteiger partial charge in [0.25, 0.3) is 0 Å². The molecule has 0 spiro atoms. The van der Waals surface area contributed by atoms with Crippen molar-refractivity contribution in [3.05, 3.63) is 35.6 Å². The average Bonchev–Trinajstić information content (AvgIpc) is 2.28. The van der Waals surface area contributed by atoms with E-state index in [1.807, 2.05) is 0 Å². The molecule has 15 heavy (non-hydrogen) atoms. The minimum atomic E-state index is -1.25. The molecule has 0 bridgehead atoms. The molecule has 1 aromatic carbocycles. The lowest BCUT2D eigenvalue weighted by molar-refractivity contribution is -0.0834. The van der Waals surface area contributed by atoms with Gasteiger partial charge in [-0.3, -0.25) is 0 Å². The van der Waals surface area contributed by atoms with E-state index >= 15 is 0 Å². The summed E-state index contributed by atoms with van der Waals surface area (Å²) in [5, 5.41) is 20.0.